The summed E-state index contributed by atoms with van der Waals surface area (Å²) in [6, 6.07) is 0. The summed E-state index contributed by atoms with van der Waals surface area (Å²) in [5, 5.41) is 8.54. The van der Waals surface area contributed by atoms with E-state index in [-0.39, 0.29) is 6.61 Å². The minimum Gasteiger partial charge on any atom is -0.395 e. The highest BCUT2D eigenvalue weighted by Gasteiger charge is 2.01. The summed E-state index contributed by atoms with van der Waals surface area (Å²) in [5.41, 5.74) is 5.28. The molecule has 0 spiro atoms. The van der Waals surface area contributed by atoms with Crippen molar-refractivity contribution in [1.29, 1.82) is 0 Å². The van der Waals surface area contributed by atoms with Crippen LogP contribution in [0.5, 0.6) is 0 Å². The van der Waals surface area contributed by atoms with E-state index in [1.54, 1.807) is 4.90 Å². The topological polar surface area (TPSA) is 49.5 Å². The first-order valence-corrected chi connectivity index (χ1v) is 3.86. The first-order chi connectivity index (χ1) is 4.72. The number of aliphatic hydroxyl groups excluding tert-OH is 1. The van der Waals surface area contributed by atoms with Crippen LogP contribution < -0.4 is 5.73 Å². The molecule has 0 fully saturated rings. The molecule has 0 unspecified atom stereocenters. The zero-order valence-corrected chi connectivity index (χ0v) is 7.37. The molecular weight excluding hydrogens is 168 g/mol. The molecule has 0 heterocycles. The molecule has 0 aromatic rings. The molecule has 3 N–H and O–H groups in total. The van der Waals surface area contributed by atoms with Crippen molar-refractivity contribution in [1.82, 2.24) is 4.90 Å². The van der Waals surface area contributed by atoms with E-state index in [0.717, 1.165) is 0 Å². The van der Waals surface area contributed by atoms with Gasteiger partial charge in [-0.2, -0.15) is 0 Å². The molecule has 60 valence electrons. The summed E-state index contributed by atoms with van der Waals surface area (Å²) in [5.74, 6) is 0. The monoisotopic (exact) mass is 180 g/mol. The second-order valence-electron chi connectivity index (χ2n) is 1.78. The molecule has 0 aromatic carbocycles. The Balaban J connectivity index is 3.61. The Kier molecular flexibility index (Phi) is 6.00. The van der Waals surface area contributed by atoms with Gasteiger partial charge >= 0.3 is 0 Å². The number of thiocarbonyl (C=S) groups is 1. The van der Waals surface area contributed by atoms with Crippen molar-refractivity contribution in [3.8, 4) is 0 Å². The average molecular weight is 180 g/mol. The summed E-state index contributed by atoms with van der Waals surface area (Å²) in [7, 11) is 0. The van der Waals surface area contributed by atoms with Gasteiger partial charge < -0.3 is 15.7 Å². The maximum atomic E-state index is 8.54. The van der Waals surface area contributed by atoms with Crippen LogP contribution in [0.25, 0.3) is 0 Å². The quantitative estimate of drug-likeness (QED) is 0.401. The molecule has 0 amide bonds. The Bertz CT molecular complexity index is 104. The maximum Gasteiger partial charge on any atom is 0.133 e. The van der Waals surface area contributed by atoms with E-state index in [1.165, 1.54) is 0 Å². The van der Waals surface area contributed by atoms with Gasteiger partial charge in [-0.05, 0) is 0 Å². The van der Waals surface area contributed by atoms with E-state index >= 15 is 0 Å². The van der Waals surface area contributed by atoms with E-state index in [1.807, 2.05) is 0 Å². The van der Waals surface area contributed by atoms with Gasteiger partial charge in [0.2, 0.25) is 0 Å². The molecule has 0 atom stereocenters. The largest absolute Gasteiger partial charge is 0.395 e. The van der Waals surface area contributed by atoms with Gasteiger partial charge in [-0.1, -0.05) is 12.2 Å². The first kappa shape index (κ1) is 10.2. The third kappa shape index (κ3) is 4.05. The molecule has 0 radical (unpaired) electrons. The number of hydrogen-bond acceptors (Lipinski definition) is 3. The van der Waals surface area contributed by atoms with Crippen LogP contribution in [0, 0.1) is 0 Å². The second-order valence-corrected chi connectivity index (χ2v) is 2.89. The number of aliphatic hydroxyl groups is 1. The number of thiol groups is 1. The molecule has 0 aliphatic rings. The highest BCUT2D eigenvalue weighted by atomic mass is 32.1. The number of rotatable bonds is 4. The van der Waals surface area contributed by atoms with Gasteiger partial charge in [0.15, 0.2) is 0 Å². The lowest BCUT2D eigenvalue weighted by molar-refractivity contribution is 0.254. The minimum atomic E-state index is 0.0840. The van der Waals surface area contributed by atoms with Gasteiger partial charge in [0.25, 0.3) is 0 Å². The fraction of sp³-hybridized carbons (Fsp3) is 0.800. The molecule has 10 heavy (non-hydrogen) atoms. The Morgan fingerprint density at radius 3 is 2.50 bits per heavy atom. The lowest BCUT2D eigenvalue weighted by Crippen LogP contribution is -2.33. The standard InChI is InChI=1S/C5H12N2OS2/c6-1-2-7(3-4-8)5(9)10/h8H,1-4,6H2,(H,9,10). The Hall–Kier alpha value is 0.160. The summed E-state index contributed by atoms with van der Waals surface area (Å²) < 4.78 is 0.486. The van der Waals surface area contributed by atoms with Crippen LogP contribution in [-0.4, -0.2) is 40.6 Å². The minimum absolute atomic E-state index is 0.0840. The van der Waals surface area contributed by atoms with E-state index in [0.29, 0.717) is 24.0 Å². The normalized spacial score (nSPS) is 9.50. The first-order valence-electron chi connectivity index (χ1n) is 3.01. The number of nitrogens with zero attached hydrogens (tertiary/aromatic N) is 1. The van der Waals surface area contributed by atoms with E-state index in [4.69, 9.17) is 23.1 Å². The molecule has 5 heteroatoms. The van der Waals surface area contributed by atoms with Gasteiger partial charge in [-0.15, -0.1) is 12.6 Å². The van der Waals surface area contributed by atoms with Crippen LogP contribution in [0.2, 0.25) is 0 Å². The zero-order valence-electron chi connectivity index (χ0n) is 5.66. The Labute approximate surface area is 71.6 Å². The smallest absolute Gasteiger partial charge is 0.133 e. The predicted octanol–water partition coefficient (Wildman–Crippen LogP) is -0.546. The molecule has 0 bridgehead atoms. The summed E-state index contributed by atoms with van der Waals surface area (Å²) in [4.78, 5) is 1.75. The molecule has 0 aromatic heterocycles. The molecule has 0 aliphatic heterocycles. The summed E-state index contributed by atoms with van der Waals surface area (Å²) in [6.45, 7) is 1.78. The van der Waals surface area contributed by atoms with E-state index in [2.05, 4.69) is 12.6 Å². The lowest BCUT2D eigenvalue weighted by Gasteiger charge is -2.19. The fourth-order valence-corrected chi connectivity index (χ4v) is 0.962. The van der Waals surface area contributed by atoms with Crippen molar-refractivity contribution in [2.75, 3.05) is 26.2 Å². The zero-order chi connectivity index (χ0) is 7.98. The van der Waals surface area contributed by atoms with Gasteiger partial charge in [0, 0.05) is 19.6 Å². The summed E-state index contributed by atoms with van der Waals surface area (Å²) in [6.07, 6.45) is 0. The molecule has 0 saturated heterocycles. The van der Waals surface area contributed by atoms with E-state index in [9.17, 15) is 0 Å². The molecule has 3 nitrogen and oxygen atoms in total. The molecule has 0 aliphatic carbocycles. The maximum absolute atomic E-state index is 8.54. The van der Waals surface area contributed by atoms with Crippen LogP contribution in [0.15, 0.2) is 0 Å². The van der Waals surface area contributed by atoms with Crippen molar-refractivity contribution < 1.29 is 5.11 Å². The van der Waals surface area contributed by atoms with Crippen LogP contribution in [0.1, 0.15) is 0 Å². The fourth-order valence-electron chi connectivity index (χ4n) is 0.580. The van der Waals surface area contributed by atoms with E-state index < -0.39 is 0 Å². The third-order valence-corrected chi connectivity index (χ3v) is 1.58. The van der Waals surface area contributed by atoms with Crippen LogP contribution in [0.4, 0.5) is 0 Å². The van der Waals surface area contributed by atoms with Gasteiger partial charge in [0.05, 0.1) is 6.61 Å². The molecular formula is C5H12N2OS2. The third-order valence-electron chi connectivity index (χ3n) is 1.04. The highest BCUT2D eigenvalue weighted by molar-refractivity contribution is 8.10. The van der Waals surface area contributed by atoms with Crippen molar-refractivity contribution in [3.63, 3.8) is 0 Å². The van der Waals surface area contributed by atoms with Crippen molar-refractivity contribution in [3.05, 3.63) is 0 Å². The van der Waals surface area contributed by atoms with Gasteiger partial charge in [-0.3, -0.25) is 0 Å². The van der Waals surface area contributed by atoms with Crippen molar-refractivity contribution >= 4 is 29.2 Å². The molecule has 0 saturated carbocycles. The highest BCUT2D eigenvalue weighted by Crippen LogP contribution is 1.93. The lowest BCUT2D eigenvalue weighted by atomic mass is 10.5. The van der Waals surface area contributed by atoms with Gasteiger partial charge in [-0.25, -0.2) is 0 Å². The summed E-state index contributed by atoms with van der Waals surface area (Å²) >= 11 is 8.72. The molecule has 0 rings (SSSR count). The van der Waals surface area contributed by atoms with Crippen LogP contribution in [-0.2, 0) is 0 Å². The van der Waals surface area contributed by atoms with Gasteiger partial charge in [0.1, 0.15) is 4.32 Å². The Morgan fingerprint density at radius 1 is 1.60 bits per heavy atom. The van der Waals surface area contributed by atoms with Crippen LogP contribution in [0.3, 0.4) is 0 Å². The van der Waals surface area contributed by atoms with Crippen molar-refractivity contribution in [2.45, 2.75) is 0 Å². The van der Waals surface area contributed by atoms with Crippen LogP contribution >= 0.6 is 24.8 Å². The number of nitrogens with two attached hydrogens (primary N) is 1. The predicted molar refractivity (Wildman–Crippen MR) is 49.3 cm³/mol. The van der Waals surface area contributed by atoms with Crippen molar-refractivity contribution in [2.24, 2.45) is 5.73 Å². The number of hydrogen-bond donors (Lipinski definition) is 3. The Morgan fingerprint density at radius 2 is 2.20 bits per heavy atom. The second kappa shape index (κ2) is 5.91. The average Bonchev–Trinajstić information content (AvgIpc) is 1.87. The SMILES string of the molecule is NCCN(CCO)C(=S)S.